The Labute approximate surface area is 113 Å². The van der Waals surface area contributed by atoms with Crippen LogP contribution in [-0.4, -0.2) is 12.1 Å². The summed E-state index contributed by atoms with van der Waals surface area (Å²) in [6, 6.07) is 12.6. The van der Waals surface area contributed by atoms with Crippen molar-refractivity contribution in [2.45, 2.75) is 18.4 Å². The van der Waals surface area contributed by atoms with Gasteiger partial charge in [-0.25, -0.2) is 0 Å². The van der Waals surface area contributed by atoms with Crippen LogP contribution in [0.15, 0.2) is 48.8 Å². The van der Waals surface area contributed by atoms with E-state index < -0.39 is 0 Å². The quantitative estimate of drug-likeness (QED) is 0.912. The van der Waals surface area contributed by atoms with Gasteiger partial charge in [-0.2, -0.15) is 0 Å². The predicted molar refractivity (Wildman–Crippen MR) is 75.0 cm³/mol. The van der Waals surface area contributed by atoms with Gasteiger partial charge >= 0.3 is 0 Å². The second-order valence-electron chi connectivity index (χ2n) is 5.06. The van der Waals surface area contributed by atoms with Crippen molar-refractivity contribution < 1.29 is 4.74 Å². The number of nitrogens with two attached hydrogens (primary N) is 1. The zero-order valence-electron chi connectivity index (χ0n) is 11.0. The summed E-state index contributed by atoms with van der Waals surface area (Å²) in [5.74, 6) is 1.86. The highest BCUT2D eigenvalue weighted by Crippen LogP contribution is 2.53. The first-order valence-corrected chi connectivity index (χ1v) is 6.59. The van der Waals surface area contributed by atoms with Crippen LogP contribution in [0.4, 0.5) is 0 Å². The molecule has 3 heteroatoms. The lowest BCUT2D eigenvalue weighted by atomic mass is 10.00. The standard InChI is InChI=1S/C16H18N2O/c1-19-15-10-18-8-7-12(15)16(17)14-9-13(14)11-5-3-2-4-6-11/h2-8,10,13-14,16H,9,17H2,1H3. The Morgan fingerprint density at radius 3 is 2.79 bits per heavy atom. The molecule has 1 heterocycles. The molecule has 3 rings (SSSR count). The van der Waals surface area contributed by atoms with Crippen molar-refractivity contribution in [3.8, 4) is 5.75 Å². The molecule has 1 aromatic carbocycles. The Bertz CT molecular complexity index is 556. The van der Waals surface area contributed by atoms with E-state index in [1.54, 1.807) is 19.5 Å². The molecule has 98 valence electrons. The summed E-state index contributed by atoms with van der Waals surface area (Å²) in [5, 5.41) is 0. The van der Waals surface area contributed by atoms with Crippen LogP contribution in [0.5, 0.6) is 5.75 Å². The van der Waals surface area contributed by atoms with Crippen molar-refractivity contribution in [2.24, 2.45) is 11.7 Å². The molecule has 3 unspecified atom stereocenters. The molecule has 0 aliphatic heterocycles. The van der Waals surface area contributed by atoms with Gasteiger partial charge in [0.1, 0.15) is 5.75 Å². The summed E-state index contributed by atoms with van der Waals surface area (Å²) < 4.78 is 5.34. The number of nitrogens with zero attached hydrogens (tertiary/aromatic N) is 1. The number of hydrogen-bond donors (Lipinski definition) is 1. The van der Waals surface area contributed by atoms with Gasteiger partial charge in [-0.15, -0.1) is 0 Å². The van der Waals surface area contributed by atoms with Gasteiger partial charge in [0.25, 0.3) is 0 Å². The Morgan fingerprint density at radius 2 is 2.05 bits per heavy atom. The van der Waals surface area contributed by atoms with Crippen LogP contribution in [0.25, 0.3) is 0 Å². The topological polar surface area (TPSA) is 48.1 Å². The van der Waals surface area contributed by atoms with Gasteiger partial charge in [0.2, 0.25) is 0 Å². The number of benzene rings is 1. The zero-order valence-corrected chi connectivity index (χ0v) is 11.0. The number of rotatable bonds is 4. The van der Waals surface area contributed by atoms with Gasteiger partial charge < -0.3 is 10.5 Å². The average Bonchev–Trinajstić information content (AvgIpc) is 3.28. The first kappa shape index (κ1) is 12.2. The van der Waals surface area contributed by atoms with E-state index >= 15 is 0 Å². The fraction of sp³-hybridized carbons (Fsp3) is 0.312. The summed E-state index contributed by atoms with van der Waals surface area (Å²) in [6.45, 7) is 0. The lowest BCUT2D eigenvalue weighted by Gasteiger charge is -2.15. The van der Waals surface area contributed by atoms with Crippen molar-refractivity contribution in [1.29, 1.82) is 0 Å². The molecule has 2 aromatic rings. The van der Waals surface area contributed by atoms with Gasteiger partial charge in [-0.3, -0.25) is 4.98 Å². The van der Waals surface area contributed by atoms with Gasteiger partial charge in [-0.1, -0.05) is 30.3 Å². The van der Waals surface area contributed by atoms with Gasteiger partial charge in [0.15, 0.2) is 0 Å². The Balaban J connectivity index is 1.78. The monoisotopic (exact) mass is 254 g/mol. The molecule has 0 saturated heterocycles. The molecular formula is C16H18N2O. The molecule has 1 saturated carbocycles. The van der Waals surface area contributed by atoms with Gasteiger partial charge in [0.05, 0.1) is 13.3 Å². The molecule has 0 spiro atoms. The molecule has 1 aromatic heterocycles. The van der Waals surface area contributed by atoms with E-state index in [4.69, 9.17) is 10.5 Å². The number of methoxy groups -OCH3 is 1. The lowest BCUT2D eigenvalue weighted by molar-refractivity contribution is 0.400. The van der Waals surface area contributed by atoms with Crippen molar-refractivity contribution in [3.05, 3.63) is 59.9 Å². The second-order valence-corrected chi connectivity index (χ2v) is 5.06. The summed E-state index contributed by atoms with van der Waals surface area (Å²) in [6.07, 6.45) is 4.66. The maximum Gasteiger partial charge on any atom is 0.141 e. The molecule has 0 amide bonds. The Morgan fingerprint density at radius 1 is 1.26 bits per heavy atom. The first-order valence-electron chi connectivity index (χ1n) is 6.59. The smallest absolute Gasteiger partial charge is 0.141 e. The van der Waals surface area contributed by atoms with E-state index in [2.05, 4.69) is 29.2 Å². The first-order chi connectivity index (χ1) is 9.31. The van der Waals surface area contributed by atoms with Crippen molar-refractivity contribution in [2.75, 3.05) is 7.11 Å². The molecule has 2 N–H and O–H groups in total. The number of ether oxygens (including phenoxy) is 1. The summed E-state index contributed by atoms with van der Waals surface area (Å²) in [7, 11) is 1.66. The third kappa shape index (κ3) is 2.34. The zero-order chi connectivity index (χ0) is 13.2. The van der Waals surface area contributed by atoms with E-state index in [-0.39, 0.29) is 6.04 Å². The molecule has 19 heavy (non-hydrogen) atoms. The van der Waals surface area contributed by atoms with E-state index in [9.17, 15) is 0 Å². The normalized spacial score (nSPS) is 22.8. The van der Waals surface area contributed by atoms with Crippen LogP contribution in [-0.2, 0) is 0 Å². The fourth-order valence-corrected chi connectivity index (χ4v) is 2.76. The number of pyridine rings is 1. The van der Waals surface area contributed by atoms with Crippen LogP contribution in [0.1, 0.15) is 29.5 Å². The molecule has 0 bridgehead atoms. The van der Waals surface area contributed by atoms with Crippen LogP contribution in [0.2, 0.25) is 0 Å². The third-order valence-corrected chi connectivity index (χ3v) is 3.92. The minimum atomic E-state index is 0.0168. The largest absolute Gasteiger partial charge is 0.495 e. The molecule has 1 fully saturated rings. The minimum absolute atomic E-state index is 0.0168. The van der Waals surface area contributed by atoms with Crippen molar-refractivity contribution >= 4 is 0 Å². The van der Waals surface area contributed by atoms with Crippen LogP contribution in [0, 0.1) is 5.92 Å². The SMILES string of the molecule is COc1cnccc1C(N)C1CC1c1ccccc1. The number of aromatic nitrogens is 1. The third-order valence-electron chi connectivity index (χ3n) is 3.92. The van der Waals surface area contributed by atoms with Gasteiger partial charge in [-0.05, 0) is 29.9 Å². The maximum absolute atomic E-state index is 6.40. The number of hydrogen-bond acceptors (Lipinski definition) is 3. The molecular weight excluding hydrogens is 236 g/mol. The predicted octanol–water partition coefficient (Wildman–Crippen LogP) is 2.89. The van der Waals surface area contributed by atoms with E-state index in [1.165, 1.54) is 5.56 Å². The second kappa shape index (κ2) is 5.02. The minimum Gasteiger partial charge on any atom is -0.495 e. The highest BCUT2D eigenvalue weighted by molar-refractivity contribution is 5.36. The molecule has 1 aliphatic rings. The summed E-state index contributed by atoms with van der Waals surface area (Å²) in [4.78, 5) is 4.07. The molecule has 3 nitrogen and oxygen atoms in total. The van der Waals surface area contributed by atoms with Crippen LogP contribution in [0.3, 0.4) is 0 Å². The van der Waals surface area contributed by atoms with Gasteiger partial charge in [0, 0.05) is 17.8 Å². The highest BCUT2D eigenvalue weighted by Gasteiger charge is 2.43. The van der Waals surface area contributed by atoms with Crippen LogP contribution >= 0.6 is 0 Å². The van der Waals surface area contributed by atoms with Crippen LogP contribution < -0.4 is 10.5 Å². The van der Waals surface area contributed by atoms with E-state index in [0.29, 0.717) is 11.8 Å². The summed E-state index contributed by atoms with van der Waals surface area (Å²) in [5.41, 5.74) is 8.84. The van der Waals surface area contributed by atoms with Crippen molar-refractivity contribution in [1.82, 2.24) is 4.98 Å². The summed E-state index contributed by atoms with van der Waals surface area (Å²) >= 11 is 0. The van der Waals surface area contributed by atoms with E-state index in [1.807, 2.05) is 12.1 Å². The highest BCUT2D eigenvalue weighted by atomic mass is 16.5. The maximum atomic E-state index is 6.40. The van der Waals surface area contributed by atoms with E-state index in [0.717, 1.165) is 17.7 Å². The lowest BCUT2D eigenvalue weighted by Crippen LogP contribution is -2.14. The fourth-order valence-electron chi connectivity index (χ4n) is 2.76. The Kier molecular flexibility index (Phi) is 3.22. The molecule has 1 aliphatic carbocycles. The Hall–Kier alpha value is -1.87. The average molecular weight is 254 g/mol. The van der Waals surface area contributed by atoms with Crippen molar-refractivity contribution in [3.63, 3.8) is 0 Å². The molecule has 0 radical (unpaired) electrons. The molecule has 3 atom stereocenters.